The summed E-state index contributed by atoms with van der Waals surface area (Å²) in [5, 5.41) is 10.6. The number of nitrogens with one attached hydrogen (secondary N) is 2. The first kappa shape index (κ1) is 21.5. The lowest BCUT2D eigenvalue weighted by molar-refractivity contribution is -0.121. The van der Waals surface area contributed by atoms with Crippen LogP contribution in [0.2, 0.25) is 5.02 Å². The summed E-state index contributed by atoms with van der Waals surface area (Å²) in [6.07, 6.45) is 7.04. The molecule has 0 aliphatic carbocycles. The van der Waals surface area contributed by atoms with Crippen molar-refractivity contribution >= 4 is 17.5 Å². The lowest BCUT2D eigenvalue weighted by Gasteiger charge is -2.25. The molecule has 0 spiro atoms. The van der Waals surface area contributed by atoms with Crippen molar-refractivity contribution in [3.05, 3.63) is 41.2 Å². The maximum atomic E-state index is 12.1. The van der Waals surface area contributed by atoms with Gasteiger partial charge >= 0.3 is 0 Å². The summed E-state index contributed by atoms with van der Waals surface area (Å²) in [4.78, 5) is 14.2. The van der Waals surface area contributed by atoms with Crippen LogP contribution in [-0.4, -0.2) is 47.7 Å². The minimum atomic E-state index is 0.129. The van der Waals surface area contributed by atoms with Crippen LogP contribution in [0.1, 0.15) is 38.7 Å². The van der Waals surface area contributed by atoms with Gasteiger partial charge < -0.3 is 10.2 Å². The van der Waals surface area contributed by atoms with E-state index in [1.165, 1.54) is 0 Å². The summed E-state index contributed by atoms with van der Waals surface area (Å²) < 4.78 is 0. The molecule has 1 aromatic carbocycles. The molecule has 2 rings (SSSR count). The number of aromatic amines is 1. The molecule has 6 heteroatoms. The Morgan fingerprint density at radius 1 is 1.30 bits per heavy atom. The molecule has 2 N–H and O–H groups in total. The molecule has 1 unspecified atom stereocenters. The van der Waals surface area contributed by atoms with E-state index in [0.29, 0.717) is 18.9 Å². The van der Waals surface area contributed by atoms with Gasteiger partial charge in [-0.25, -0.2) is 0 Å². The van der Waals surface area contributed by atoms with Crippen LogP contribution >= 0.6 is 11.6 Å². The van der Waals surface area contributed by atoms with Crippen molar-refractivity contribution in [2.75, 3.05) is 20.6 Å². The van der Waals surface area contributed by atoms with Gasteiger partial charge in [-0.3, -0.25) is 9.89 Å². The quantitative estimate of drug-likeness (QED) is 0.640. The first-order chi connectivity index (χ1) is 12.9. The molecule has 0 saturated heterocycles. The summed E-state index contributed by atoms with van der Waals surface area (Å²) in [6.45, 7) is 4.98. The van der Waals surface area contributed by atoms with Gasteiger partial charge in [-0.2, -0.15) is 5.10 Å². The molecule has 148 valence electrons. The van der Waals surface area contributed by atoms with Gasteiger partial charge in [0.15, 0.2) is 0 Å². The normalized spacial score (nSPS) is 12.6. The highest BCUT2D eigenvalue weighted by Gasteiger charge is 2.16. The van der Waals surface area contributed by atoms with Crippen LogP contribution in [-0.2, 0) is 11.2 Å². The van der Waals surface area contributed by atoms with Crippen LogP contribution in [0, 0.1) is 5.92 Å². The highest BCUT2D eigenvalue weighted by Crippen LogP contribution is 2.26. The van der Waals surface area contributed by atoms with Crippen molar-refractivity contribution in [2.45, 2.75) is 45.6 Å². The van der Waals surface area contributed by atoms with Gasteiger partial charge in [-0.05, 0) is 50.0 Å². The smallest absolute Gasteiger partial charge is 0.220 e. The van der Waals surface area contributed by atoms with Crippen LogP contribution < -0.4 is 5.32 Å². The molecule has 27 heavy (non-hydrogen) atoms. The highest BCUT2D eigenvalue weighted by molar-refractivity contribution is 6.31. The van der Waals surface area contributed by atoms with Gasteiger partial charge in [0.1, 0.15) is 0 Å². The van der Waals surface area contributed by atoms with E-state index in [0.717, 1.165) is 41.0 Å². The SMILES string of the molecule is CC(C)CCCC(=O)NCC(Cc1ccc(-c2cn[nH]c2)cc1Cl)N(C)C. The molecule has 0 fully saturated rings. The molecule has 1 atom stereocenters. The zero-order valence-corrected chi connectivity index (χ0v) is 17.5. The Morgan fingerprint density at radius 3 is 2.67 bits per heavy atom. The number of halogens is 1. The molecule has 2 aromatic rings. The summed E-state index contributed by atoms with van der Waals surface area (Å²) in [5.74, 6) is 0.767. The highest BCUT2D eigenvalue weighted by atomic mass is 35.5. The molecule has 1 amide bonds. The van der Waals surface area contributed by atoms with Crippen molar-refractivity contribution in [2.24, 2.45) is 5.92 Å². The molecule has 0 bridgehead atoms. The number of amides is 1. The van der Waals surface area contributed by atoms with Gasteiger partial charge in [0.05, 0.1) is 6.20 Å². The van der Waals surface area contributed by atoms with Crippen molar-refractivity contribution in [3.8, 4) is 11.1 Å². The molecule has 0 saturated carbocycles. The van der Waals surface area contributed by atoms with Crippen molar-refractivity contribution in [1.82, 2.24) is 20.4 Å². The van der Waals surface area contributed by atoms with Crippen LogP contribution in [0.3, 0.4) is 0 Å². The molecule has 1 heterocycles. The van der Waals surface area contributed by atoms with Crippen LogP contribution in [0.4, 0.5) is 0 Å². The second kappa shape index (κ2) is 10.5. The molecular formula is C21H31ClN4O. The Bertz CT molecular complexity index is 713. The number of aromatic nitrogens is 2. The van der Waals surface area contributed by atoms with E-state index in [2.05, 4.69) is 46.4 Å². The summed E-state index contributed by atoms with van der Waals surface area (Å²) in [7, 11) is 4.06. The van der Waals surface area contributed by atoms with Crippen LogP contribution in [0.5, 0.6) is 0 Å². The largest absolute Gasteiger partial charge is 0.355 e. The molecule has 0 aliphatic rings. The number of H-pyrrole nitrogens is 1. The number of rotatable bonds is 10. The lowest BCUT2D eigenvalue weighted by Crippen LogP contribution is -2.41. The fourth-order valence-electron chi connectivity index (χ4n) is 2.98. The van der Waals surface area contributed by atoms with Crippen LogP contribution in [0.25, 0.3) is 11.1 Å². The second-order valence-corrected chi connectivity index (χ2v) is 8.11. The lowest BCUT2D eigenvalue weighted by atomic mass is 10.0. The third-order valence-corrected chi connectivity index (χ3v) is 5.14. The van der Waals surface area contributed by atoms with Crippen LogP contribution in [0.15, 0.2) is 30.6 Å². The monoisotopic (exact) mass is 390 g/mol. The first-order valence-corrected chi connectivity index (χ1v) is 9.95. The molecule has 1 aromatic heterocycles. The minimum Gasteiger partial charge on any atom is -0.355 e. The average Bonchev–Trinajstić information content (AvgIpc) is 3.13. The first-order valence-electron chi connectivity index (χ1n) is 9.57. The fraction of sp³-hybridized carbons (Fsp3) is 0.524. The number of carbonyl (C=O) groups excluding carboxylic acids is 1. The molecule has 0 radical (unpaired) electrons. The number of likely N-dealkylation sites (N-methyl/N-ethyl adjacent to an activating group) is 1. The summed E-state index contributed by atoms with van der Waals surface area (Å²) in [6, 6.07) is 6.28. The predicted molar refractivity (Wildman–Crippen MR) is 112 cm³/mol. The Kier molecular flexibility index (Phi) is 8.32. The standard InChI is InChI=1S/C21H31ClN4O/c1-15(2)6-5-7-21(27)23-14-19(26(3)4)10-17-9-8-16(11-20(17)22)18-12-24-25-13-18/h8-9,11-13,15,19H,5-7,10,14H2,1-4H3,(H,23,27)(H,24,25). The zero-order valence-electron chi connectivity index (χ0n) is 16.8. The zero-order chi connectivity index (χ0) is 19.8. The van der Waals surface area contributed by atoms with Gasteiger partial charge in [-0.15, -0.1) is 0 Å². The number of hydrogen-bond donors (Lipinski definition) is 2. The van der Waals surface area contributed by atoms with Crippen molar-refractivity contribution < 1.29 is 4.79 Å². The van der Waals surface area contributed by atoms with Gasteiger partial charge in [0, 0.05) is 35.8 Å². The molecule has 0 aliphatic heterocycles. The topological polar surface area (TPSA) is 61.0 Å². The Hall–Kier alpha value is -1.85. The third-order valence-electron chi connectivity index (χ3n) is 4.79. The number of benzene rings is 1. The molecular weight excluding hydrogens is 360 g/mol. The summed E-state index contributed by atoms with van der Waals surface area (Å²) in [5.41, 5.74) is 3.13. The Morgan fingerprint density at radius 2 is 2.07 bits per heavy atom. The predicted octanol–water partition coefficient (Wildman–Crippen LogP) is 4.15. The summed E-state index contributed by atoms with van der Waals surface area (Å²) >= 11 is 6.52. The van der Waals surface area contributed by atoms with Crippen molar-refractivity contribution in [1.29, 1.82) is 0 Å². The maximum Gasteiger partial charge on any atom is 0.220 e. The Balaban J connectivity index is 1.92. The van der Waals surface area contributed by atoms with E-state index >= 15 is 0 Å². The van der Waals surface area contributed by atoms with E-state index in [1.807, 2.05) is 26.4 Å². The number of carbonyl (C=O) groups is 1. The second-order valence-electron chi connectivity index (χ2n) is 7.70. The number of hydrogen-bond acceptors (Lipinski definition) is 3. The third kappa shape index (κ3) is 7.00. The van der Waals surface area contributed by atoms with Gasteiger partial charge in [0.25, 0.3) is 0 Å². The number of nitrogens with zero attached hydrogens (tertiary/aromatic N) is 2. The van der Waals surface area contributed by atoms with E-state index in [9.17, 15) is 4.79 Å². The van der Waals surface area contributed by atoms with E-state index < -0.39 is 0 Å². The maximum absolute atomic E-state index is 12.1. The fourth-order valence-corrected chi connectivity index (χ4v) is 3.24. The Labute approximate surface area is 167 Å². The van der Waals surface area contributed by atoms with E-state index in [1.54, 1.807) is 6.20 Å². The van der Waals surface area contributed by atoms with Gasteiger partial charge in [0.2, 0.25) is 5.91 Å². The van der Waals surface area contributed by atoms with E-state index in [-0.39, 0.29) is 11.9 Å². The van der Waals surface area contributed by atoms with Gasteiger partial charge in [-0.1, -0.05) is 44.0 Å². The van der Waals surface area contributed by atoms with Crippen molar-refractivity contribution in [3.63, 3.8) is 0 Å². The average molecular weight is 391 g/mol. The van der Waals surface area contributed by atoms with E-state index in [4.69, 9.17) is 11.6 Å². The molecule has 5 nitrogen and oxygen atoms in total. The minimum absolute atomic E-state index is 0.129.